The molecule has 2 aromatic carbocycles. The summed E-state index contributed by atoms with van der Waals surface area (Å²) in [6.45, 7) is 1.31. The van der Waals surface area contributed by atoms with Crippen molar-refractivity contribution in [3.8, 4) is 5.75 Å². The monoisotopic (exact) mass is 479 g/mol. The van der Waals surface area contributed by atoms with Gasteiger partial charge in [0.25, 0.3) is 0 Å². The molecule has 2 N–H and O–H groups in total. The number of alkyl halides is 3. The van der Waals surface area contributed by atoms with Gasteiger partial charge in [0, 0.05) is 27.5 Å². The van der Waals surface area contributed by atoms with E-state index in [4.69, 9.17) is 9.15 Å². The lowest BCUT2D eigenvalue weighted by molar-refractivity contribution is -0.145. The Labute approximate surface area is 188 Å². The number of nitrogens with one attached hydrogen (secondary N) is 1. The topological polar surface area (TPSA) is 106 Å². The molecule has 1 atom stereocenters. The van der Waals surface area contributed by atoms with Gasteiger partial charge < -0.3 is 19.6 Å². The molecule has 1 aromatic heterocycles. The highest BCUT2D eigenvalue weighted by molar-refractivity contribution is 8.01. The average molecular weight is 479 g/mol. The molecule has 0 spiro atoms. The molecule has 0 saturated heterocycles. The average Bonchev–Trinajstić information content (AvgIpc) is 2.74. The van der Waals surface area contributed by atoms with Gasteiger partial charge in [0.05, 0.1) is 22.9 Å². The molecule has 0 aliphatic carbocycles. The summed E-state index contributed by atoms with van der Waals surface area (Å²) >= 11 is 0.970. The number of hydrogen-bond acceptors (Lipinski definition) is 7. The van der Waals surface area contributed by atoms with Crippen molar-refractivity contribution in [2.75, 3.05) is 5.32 Å². The van der Waals surface area contributed by atoms with E-state index in [2.05, 4.69) is 5.32 Å². The molecule has 3 aromatic rings. The van der Waals surface area contributed by atoms with Crippen molar-refractivity contribution in [3.63, 3.8) is 0 Å². The van der Waals surface area contributed by atoms with Gasteiger partial charge in [-0.3, -0.25) is 9.59 Å². The number of carbonyl (C=O) groups excluding carboxylic acids is 2. The number of aryl methyl sites for hydroxylation is 1. The molecular weight excluding hydrogens is 463 g/mol. The maximum Gasteiger partial charge on any atom is 0.416 e. The first kappa shape index (κ1) is 22.7. The summed E-state index contributed by atoms with van der Waals surface area (Å²) in [6, 6.07) is 7.12. The molecule has 0 fully saturated rings. The molecule has 1 aliphatic rings. The van der Waals surface area contributed by atoms with E-state index in [1.165, 1.54) is 24.3 Å². The Morgan fingerprint density at radius 1 is 1.21 bits per heavy atom. The van der Waals surface area contributed by atoms with E-state index in [9.17, 15) is 32.7 Å². The quantitative estimate of drug-likeness (QED) is 0.423. The van der Waals surface area contributed by atoms with Crippen LogP contribution in [0.25, 0.3) is 11.0 Å². The molecule has 2 heterocycles. The fourth-order valence-electron chi connectivity index (χ4n) is 3.36. The third-order valence-corrected chi connectivity index (χ3v) is 6.36. The number of phenols is 1. The number of thioether (sulfide) groups is 1. The zero-order chi connectivity index (χ0) is 23.9. The third kappa shape index (κ3) is 4.68. The van der Waals surface area contributed by atoms with Crippen LogP contribution in [0.1, 0.15) is 23.1 Å². The molecule has 172 valence electrons. The zero-order valence-electron chi connectivity index (χ0n) is 17.0. The van der Waals surface area contributed by atoms with Crippen LogP contribution in [0.3, 0.4) is 0 Å². The Hall–Kier alpha value is -3.47. The SMILES string of the molecule is Cc1c(O)ccc2c(COC(=O)CC3Sc4ccc(C(F)(F)F)cc4NC3=O)cc(=O)oc12. The smallest absolute Gasteiger partial charge is 0.416 e. The standard InChI is InChI=1S/C22H16F3NO6S/c1-10-15(27)4-3-13-11(6-19(29)32-20(10)13)9-31-18(28)8-17-21(30)26-14-7-12(22(23,24)25)2-5-16(14)33-17/h2-7,17,27H,8-9H2,1H3,(H,26,30). The number of fused-ring (bicyclic) bond motifs is 2. The lowest BCUT2D eigenvalue weighted by Crippen LogP contribution is -2.31. The predicted octanol–water partition coefficient (Wildman–Crippen LogP) is 4.37. The largest absolute Gasteiger partial charge is 0.508 e. The van der Waals surface area contributed by atoms with Crippen LogP contribution in [-0.2, 0) is 27.1 Å². The number of carbonyl (C=O) groups is 2. The molecule has 1 amide bonds. The number of esters is 1. The molecule has 0 saturated carbocycles. The number of ether oxygens (including phenoxy) is 1. The van der Waals surface area contributed by atoms with Gasteiger partial charge in [0.15, 0.2) is 0 Å². The maximum atomic E-state index is 12.9. The maximum absolute atomic E-state index is 12.9. The summed E-state index contributed by atoms with van der Waals surface area (Å²) in [6.07, 6.45) is -4.86. The van der Waals surface area contributed by atoms with E-state index in [0.29, 0.717) is 21.4 Å². The summed E-state index contributed by atoms with van der Waals surface area (Å²) in [5.74, 6) is -1.39. The number of anilines is 1. The fraction of sp³-hybridized carbons (Fsp3) is 0.227. The van der Waals surface area contributed by atoms with Crippen molar-refractivity contribution in [1.82, 2.24) is 0 Å². The van der Waals surface area contributed by atoms with Gasteiger partial charge in [-0.25, -0.2) is 4.79 Å². The van der Waals surface area contributed by atoms with E-state index in [-0.39, 0.29) is 30.0 Å². The molecule has 33 heavy (non-hydrogen) atoms. The second-order valence-corrected chi connectivity index (χ2v) is 8.59. The number of amides is 1. The molecule has 1 aliphatic heterocycles. The first-order chi connectivity index (χ1) is 15.5. The second kappa shape index (κ2) is 8.47. The van der Waals surface area contributed by atoms with Crippen LogP contribution in [-0.4, -0.2) is 22.2 Å². The summed E-state index contributed by atoms with van der Waals surface area (Å²) in [4.78, 5) is 36.9. The number of phenolic OH excluding ortho intramolecular Hbond substituents is 1. The molecule has 1 unspecified atom stereocenters. The van der Waals surface area contributed by atoms with Crippen LogP contribution in [0.4, 0.5) is 18.9 Å². The molecule has 11 heteroatoms. The molecule has 4 rings (SSSR count). The summed E-state index contributed by atoms with van der Waals surface area (Å²) in [5.41, 5.74) is -0.637. The van der Waals surface area contributed by atoms with Crippen LogP contribution >= 0.6 is 11.8 Å². The van der Waals surface area contributed by atoms with Crippen molar-refractivity contribution >= 4 is 40.3 Å². The van der Waals surface area contributed by atoms with E-state index >= 15 is 0 Å². The minimum Gasteiger partial charge on any atom is -0.508 e. The summed E-state index contributed by atoms with van der Waals surface area (Å²) in [5, 5.41) is 11.8. The summed E-state index contributed by atoms with van der Waals surface area (Å²) in [7, 11) is 0. The van der Waals surface area contributed by atoms with Crippen LogP contribution in [0.2, 0.25) is 0 Å². The predicted molar refractivity (Wildman–Crippen MR) is 113 cm³/mol. The number of hydrogen-bond donors (Lipinski definition) is 2. The zero-order valence-corrected chi connectivity index (χ0v) is 17.8. The third-order valence-electron chi connectivity index (χ3n) is 5.09. The van der Waals surface area contributed by atoms with E-state index in [0.717, 1.165) is 23.9 Å². The van der Waals surface area contributed by atoms with Gasteiger partial charge in [0.2, 0.25) is 5.91 Å². The van der Waals surface area contributed by atoms with Gasteiger partial charge in [-0.1, -0.05) is 0 Å². The molecule has 7 nitrogen and oxygen atoms in total. The Bertz CT molecular complexity index is 1330. The van der Waals surface area contributed by atoms with Crippen molar-refractivity contribution in [3.05, 3.63) is 63.5 Å². The first-order valence-electron chi connectivity index (χ1n) is 9.62. The molecule has 0 bridgehead atoms. The number of halogens is 3. The Kier molecular flexibility index (Phi) is 5.83. The highest BCUT2D eigenvalue weighted by Gasteiger charge is 2.34. The fourth-order valence-corrected chi connectivity index (χ4v) is 4.44. The van der Waals surface area contributed by atoms with Crippen LogP contribution in [0.15, 0.2) is 50.5 Å². The molecule has 0 radical (unpaired) electrons. The Balaban J connectivity index is 1.45. The van der Waals surface area contributed by atoms with E-state index in [1.54, 1.807) is 6.92 Å². The first-order valence-corrected chi connectivity index (χ1v) is 10.5. The molecular formula is C22H16F3NO6S. The van der Waals surface area contributed by atoms with Crippen molar-refractivity contribution in [2.45, 2.75) is 36.3 Å². The van der Waals surface area contributed by atoms with Crippen LogP contribution in [0, 0.1) is 6.92 Å². The van der Waals surface area contributed by atoms with Crippen molar-refractivity contribution < 1.29 is 37.0 Å². The minimum atomic E-state index is -4.54. The summed E-state index contributed by atoms with van der Waals surface area (Å²) < 4.78 is 49.0. The lowest BCUT2D eigenvalue weighted by atomic mass is 10.1. The van der Waals surface area contributed by atoms with Gasteiger partial charge in [-0.05, 0) is 37.3 Å². The Morgan fingerprint density at radius 3 is 2.70 bits per heavy atom. The highest BCUT2D eigenvalue weighted by Crippen LogP contribution is 2.40. The number of benzene rings is 2. The second-order valence-electron chi connectivity index (χ2n) is 7.35. The van der Waals surface area contributed by atoms with Crippen LogP contribution < -0.4 is 10.9 Å². The van der Waals surface area contributed by atoms with Crippen LogP contribution in [0.5, 0.6) is 5.75 Å². The number of rotatable bonds is 4. The van der Waals surface area contributed by atoms with Crippen molar-refractivity contribution in [1.29, 1.82) is 0 Å². The van der Waals surface area contributed by atoms with E-state index < -0.39 is 34.5 Å². The van der Waals surface area contributed by atoms with Gasteiger partial charge >= 0.3 is 17.8 Å². The lowest BCUT2D eigenvalue weighted by Gasteiger charge is -2.24. The highest BCUT2D eigenvalue weighted by atomic mass is 32.2. The van der Waals surface area contributed by atoms with Crippen molar-refractivity contribution in [2.24, 2.45) is 0 Å². The van der Waals surface area contributed by atoms with Gasteiger partial charge in [0.1, 0.15) is 17.9 Å². The van der Waals surface area contributed by atoms with E-state index in [1.807, 2.05) is 0 Å². The van der Waals surface area contributed by atoms with Gasteiger partial charge in [-0.15, -0.1) is 11.8 Å². The minimum absolute atomic E-state index is 0.0329. The Morgan fingerprint density at radius 2 is 1.97 bits per heavy atom. The van der Waals surface area contributed by atoms with Gasteiger partial charge in [-0.2, -0.15) is 13.2 Å². The normalized spacial score (nSPS) is 15.8. The number of aromatic hydroxyl groups is 1.